The zero-order chi connectivity index (χ0) is 18.6. The highest BCUT2D eigenvalue weighted by molar-refractivity contribution is 7.89. The van der Waals surface area contributed by atoms with Crippen molar-refractivity contribution in [3.63, 3.8) is 0 Å². The number of hydrogen-bond acceptors (Lipinski definition) is 6. The number of carboxylic acid groups (broad SMARTS) is 1. The van der Waals surface area contributed by atoms with Crippen molar-refractivity contribution in [2.75, 3.05) is 27.3 Å². The zero-order valence-corrected chi connectivity index (χ0v) is 14.7. The molecular formula is C15H20N2O7S. The van der Waals surface area contributed by atoms with E-state index in [1.54, 1.807) is 0 Å². The van der Waals surface area contributed by atoms with Crippen LogP contribution >= 0.6 is 0 Å². The number of hydrogen-bond donors (Lipinski definition) is 2. The van der Waals surface area contributed by atoms with Crippen molar-refractivity contribution in [2.24, 2.45) is 0 Å². The van der Waals surface area contributed by atoms with Crippen LogP contribution < -0.4 is 14.8 Å². The third kappa shape index (κ3) is 4.02. The Hall–Kier alpha value is -2.33. The SMILES string of the molecule is COc1ccc(S(=O)(=O)N2CCCC2C(=O)NCC(=O)O)cc1OC. The molecule has 0 aromatic heterocycles. The van der Waals surface area contributed by atoms with Gasteiger partial charge in [-0.1, -0.05) is 0 Å². The summed E-state index contributed by atoms with van der Waals surface area (Å²) in [4.78, 5) is 22.7. The number of carbonyl (C=O) groups is 2. The first-order valence-electron chi connectivity index (χ1n) is 7.54. The second-order valence-corrected chi connectivity index (χ2v) is 7.29. The van der Waals surface area contributed by atoms with E-state index >= 15 is 0 Å². The van der Waals surface area contributed by atoms with Gasteiger partial charge in [-0.15, -0.1) is 0 Å². The van der Waals surface area contributed by atoms with E-state index in [2.05, 4.69) is 5.32 Å². The van der Waals surface area contributed by atoms with Gasteiger partial charge < -0.3 is 19.9 Å². The third-order valence-electron chi connectivity index (χ3n) is 3.88. The lowest BCUT2D eigenvalue weighted by Gasteiger charge is -2.23. The van der Waals surface area contributed by atoms with Crippen molar-refractivity contribution in [3.8, 4) is 11.5 Å². The Bertz CT molecular complexity index is 763. The molecule has 138 valence electrons. The zero-order valence-electron chi connectivity index (χ0n) is 13.9. The molecule has 1 aromatic rings. The van der Waals surface area contributed by atoms with E-state index < -0.39 is 34.5 Å². The van der Waals surface area contributed by atoms with E-state index in [4.69, 9.17) is 14.6 Å². The fourth-order valence-electron chi connectivity index (χ4n) is 2.68. The second-order valence-electron chi connectivity index (χ2n) is 5.40. The molecule has 1 aromatic carbocycles. The average Bonchev–Trinajstić information content (AvgIpc) is 3.09. The maximum absolute atomic E-state index is 12.9. The Balaban J connectivity index is 2.28. The van der Waals surface area contributed by atoms with Gasteiger partial charge in [-0.05, 0) is 25.0 Å². The molecule has 0 bridgehead atoms. The Labute approximate surface area is 145 Å². The minimum atomic E-state index is -3.94. The number of carboxylic acids is 1. The number of nitrogens with zero attached hydrogens (tertiary/aromatic N) is 1. The Morgan fingerprint density at radius 1 is 1.28 bits per heavy atom. The highest BCUT2D eigenvalue weighted by Gasteiger charge is 2.39. The normalized spacial score (nSPS) is 17.9. The lowest BCUT2D eigenvalue weighted by atomic mass is 10.2. The lowest BCUT2D eigenvalue weighted by Crippen LogP contribution is -2.46. The van der Waals surface area contributed by atoms with Crippen LogP contribution in [0.4, 0.5) is 0 Å². The van der Waals surface area contributed by atoms with E-state index in [9.17, 15) is 18.0 Å². The molecule has 0 aliphatic carbocycles. The predicted molar refractivity (Wildman–Crippen MR) is 87.1 cm³/mol. The summed E-state index contributed by atoms with van der Waals surface area (Å²) in [6, 6.07) is 3.25. The van der Waals surface area contributed by atoms with Gasteiger partial charge in [-0.25, -0.2) is 8.42 Å². The van der Waals surface area contributed by atoms with Crippen molar-refractivity contribution < 1.29 is 32.6 Å². The molecule has 2 N–H and O–H groups in total. The summed E-state index contributed by atoms with van der Waals surface area (Å²) in [6.45, 7) is -0.374. The topological polar surface area (TPSA) is 122 Å². The van der Waals surface area contributed by atoms with Crippen LogP contribution in [0.15, 0.2) is 23.1 Å². The molecule has 9 nitrogen and oxygen atoms in total. The van der Waals surface area contributed by atoms with Crippen LogP contribution in [0, 0.1) is 0 Å². The minimum absolute atomic E-state index is 0.0249. The van der Waals surface area contributed by atoms with Gasteiger partial charge in [0, 0.05) is 12.6 Å². The van der Waals surface area contributed by atoms with E-state index in [-0.39, 0.29) is 17.2 Å². The van der Waals surface area contributed by atoms with Crippen LogP contribution in [0.2, 0.25) is 0 Å². The molecule has 25 heavy (non-hydrogen) atoms. The molecule has 1 heterocycles. The summed E-state index contributed by atoms with van der Waals surface area (Å²) in [6.07, 6.45) is 0.843. The first kappa shape index (κ1) is 19.0. The lowest BCUT2D eigenvalue weighted by molar-refractivity contribution is -0.138. The molecule has 1 aliphatic rings. The molecule has 2 rings (SSSR count). The average molecular weight is 372 g/mol. The number of ether oxygens (including phenoxy) is 2. The largest absolute Gasteiger partial charge is 0.493 e. The smallest absolute Gasteiger partial charge is 0.322 e. The molecule has 0 radical (unpaired) electrons. The van der Waals surface area contributed by atoms with Crippen molar-refractivity contribution in [3.05, 3.63) is 18.2 Å². The number of carbonyl (C=O) groups excluding carboxylic acids is 1. The summed E-state index contributed by atoms with van der Waals surface area (Å²) < 4.78 is 37.1. The maximum atomic E-state index is 12.9. The van der Waals surface area contributed by atoms with Crippen molar-refractivity contribution in [1.82, 2.24) is 9.62 Å². The molecule has 1 fully saturated rings. The second kappa shape index (κ2) is 7.70. The number of aliphatic carboxylic acids is 1. The Kier molecular flexibility index (Phi) is 5.85. The van der Waals surface area contributed by atoms with Crippen LogP contribution in [-0.2, 0) is 19.6 Å². The summed E-state index contributed by atoms with van der Waals surface area (Å²) in [5.41, 5.74) is 0. The minimum Gasteiger partial charge on any atom is -0.493 e. The van der Waals surface area contributed by atoms with E-state index in [0.717, 1.165) is 4.31 Å². The fourth-order valence-corrected chi connectivity index (χ4v) is 4.36. The first-order chi connectivity index (χ1) is 11.8. The van der Waals surface area contributed by atoms with Gasteiger partial charge in [-0.3, -0.25) is 9.59 Å². The summed E-state index contributed by atoms with van der Waals surface area (Å²) >= 11 is 0. The van der Waals surface area contributed by atoms with Crippen LogP contribution in [-0.4, -0.2) is 63.1 Å². The molecule has 0 saturated carbocycles. The van der Waals surface area contributed by atoms with Crippen molar-refractivity contribution in [1.29, 1.82) is 0 Å². The van der Waals surface area contributed by atoms with Crippen LogP contribution in [0.25, 0.3) is 0 Å². The summed E-state index contributed by atoms with van der Waals surface area (Å²) in [5, 5.41) is 10.9. The number of rotatable bonds is 7. The van der Waals surface area contributed by atoms with Crippen molar-refractivity contribution >= 4 is 21.9 Å². The van der Waals surface area contributed by atoms with Gasteiger partial charge in [0.25, 0.3) is 0 Å². The Morgan fingerprint density at radius 3 is 2.56 bits per heavy atom. The van der Waals surface area contributed by atoms with Crippen molar-refractivity contribution in [2.45, 2.75) is 23.8 Å². The number of nitrogens with one attached hydrogen (secondary N) is 1. The quantitative estimate of drug-likeness (QED) is 0.694. The van der Waals surface area contributed by atoms with E-state index in [1.807, 2.05) is 0 Å². The number of methoxy groups -OCH3 is 2. The van der Waals surface area contributed by atoms with Gasteiger partial charge in [0.15, 0.2) is 11.5 Å². The van der Waals surface area contributed by atoms with E-state index in [1.165, 1.54) is 32.4 Å². The standard InChI is InChI=1S/C15H20N2O7S/c1-23-12-6-5-10(8-13(12)24-2)25(21,22)17-7-3-4-11(17)15(20)16-9-14(18)19/h5-6,8,11H,3-4,7,9H2,1-2H3,(H,16,20)(H,18,19). The van der Waals surface area contributed by atoms with Gasteiger partial charge >= 0.3 is 5.97 Å². The molecule has 1 aliphatic heterocycles. The first-order valence-corrected chi connectivity index (χ1v) is 8.98. The predicted octanol–water partition coefficient (Wildman–Crippen LogP) is 0.0577. The highest BCUT2D eigenvalue weighted by atomic mass is 32.2. The molecule has 10 heteroatoms. The highest BCUT2D eigenvalue weighted by Crippen LogP contribution is 2.33. The molecule has 0 spiro atoms. The van der Waals surface area contributed by atoms with Crippen LogP contribution in [0.5, 0.6) is 11.5 Å². The van der Waals surface area contributed by atoms with Gasteiger partial charge in [0.1, 0.15) is 12.6 Å². The Morgan fingerprint density at radius 2 is 1.96 bits per heavy atom. The monoisotopic (exact) mass is 372 g/mol. The molecule has 1 unspecified atom stereocenters. The molecular weight excluding hydrogens is 352 g/mol. The number of sulfonamides is 1. The molecule has 1 amide bonds. The van der Waals surface area contributed by atoms with Gasteiger partial charge in [-0.2, -0.15) is 4.31 Å². The van der Waals surface area contributed by atoms with Crippen LogP contribution in [0.3, 0.4) is 0 Å². The molecule has 1 atom stereocenters. The van der Waals surface area contributed by atoms with Gasteiger partial charge in [0.05, 0.1) is 19.1 Å². The number of benzene rings is 1. The summed E-state index contributed by atoms with van der Waals surface area (Å²) in [5.74, 6) is -1.17. The fraction of sp³-hybridized carbons (Fsp3) is 0.467. The molecule has 1 saturated heterocycles. The summed E-state index contributed by atoms with van der Waals surface area (Å²) in [7, 11) is -1.10. The van der Waals surface area contributed by atoms with E-state index in [0.29, 0.717) is 18.6 Å². The third-order valence-corrected chi connectivity index (χ3v) is 5.79. The maximum Gasteiger partial charge on any atom is 0.322 e. The van der Waals surface area contributed by atoms with Crippen LogP contribution in [0.1, 0.15) is 12.8 Å². The number of amides is 1. The van der Waals surface area contributed by atoms with Gasteiger partial charge in [0.2, 0.25) is 15.9 Å².